The molecule has 20 heavy (non-hydrogen) atoms. The summed E-state index contributed by atoms with van der Waals surface area (Å²) in [6.07, 6.45) is 0. The van der Waals surface area contributed by atoms with Gasteiger partial charge in [-0.2, -0.15) is 0 Å². The van der Waals surface area contributed by atoms with Gasteiger partial charge in [-0.1, -0.05) is 17.0 Å². The Kier molecular flexibility index (Phi) is 5.62. The lowest BCUT2D eigenvalue weighted by Gasteiger charge is -2.07. The number of carbonyl (C=O) groups excluding carboxylic acids is 2. The normalized spacial score (nSPS) is 11.1. The molecule has 1 rings (SSSR count). The van der Waals surface area contributed by atoms with E-state index in [0.29, 0.717) is 6.54 Å². The fourth-order valence-electron chi connectivity index (χ4n) is 1.24. The summed E-state index contributed by atoms with van der Waals surface area (Å²) in [6.45, 7) is 1.14. The lowest BCUT2D eigenvalue weighted by atomic mass is 10.2. The fraction of sp³-hybridized carbons (Fsp3) is 0.273. The van der Waals surface area contributed by atoms with Gasteiger partial charge >= 0.3 is 0 Å². The Morgan fingerprint density at radius 1 is 1.25 bits per heavy atom. The van der Waals surface area contributed by atoms with Gasteiger partial charge in [0.05, 0.1) is 4.90 Å². The van der Waals surface area contributed by atoms with Gasteiger partial charge in [-0.25, -0.2) is 8.42 Å². The van der Waals surface area contributed by atoms with Crippen LogP contribution in [0.3, 0.4) is 0 Å². The number of rotatable bonds is 7. The van der Waals surface area contributed by atoms with Gasteiger partial charge in [0.15, 0.2) is 0 Å². The van der Waals surface area contributed by atoms with Crippen LogP contribution >= 0.6 is 0 Å². The van der Waals surface area contributed by atoms with Crippen molar-refractivity contribution >= 4 is 21.8 Å². The summed E-state index contributed by atoms with van der Waals surface area (Å²) in [7, 11) is -3.87. The van der Waals surface area contributed by atoms with Crippen LogP contribution in [-0.4, -0.2) is 26.8 Å². The van der Waals surface area contributed by atoms with Gasteiger partial charge in [0, 0.05) is 13.5 Å². The number of sulfonamides is 1. The molecule has 0 saturated carbocycles. The second-order valence-corrected chi connectivity index (χ2v) is 5.54. The molecule has 0 heterocycles. The van der Waals surface area contributed by atoms with Crippen molar-refractivity contribution in [1.29, 1.82) is 0 Å². The van der Waals surface area contributed by atoms with E-state index in [0.717, 1.165) is 5.56 Å². The Morgan fingerprint density at radius 2 is 1.85 bits per heavy atom. The molecule has 1 aromatic rings. The van der Waals surface area contributed by atoms with Crippen molar-refractivity contribution in [3.05, 3.63) is 29.8 Å². The number of primary amides is 1. The maximum atomic E-state index is 11.7. The van der Waals surface area contributed by atoms with Crippen molar-refractivity contribution in [2.45, 2.75) is 18.4 Å². The summed E-state index contributed by atoms with van der Waals surface area (Å²) >= 11 is 0. The zero-order chi connectivity index (χ0) is 15.2. The molecule has 0 radical (unpaired) electrons. The first-order chi connectivity index (χ1) is 9.31. The van der Waals surface area contributed by atoms with Crippen molar-refractivity contribution in [3.63, 3.8) is 0 Å². The molecule has 1 aromatic carbocycles. The van der Waals surface area contributed by atoms with Gasteiger partial charge in [0.1, 0.15) is 6.61 Å². The van der Waals surface area contributed by atoms with E-state index in [2.05, 4.69) is 10.2 Å². The molecule has 0 spiro atoms. The highest BCUT2D eigenvalue weighted by atomic mass is 32.2. The van der Waals surface area contributed by atoms with Crippen LogP contribution in [0.15, 0.2) is 29.2 Å². The van der Waals surface area contributed by atoms with Crippen molar-refractivity contribution < 1.29 is 22.8 Å². The fourth-order valence-corrected chi connectivity index (χ4v) is 2.04. The van der Waals surface area contributed by atoms with E-state index in [9.17, 15) is 18.0 Å². The van der Waals surface area contributed by atoms with Gasteiger partial charge in [0.25, 0.3) is 10.0 Å². The minimum atomic E-state index is -3.87. The molecule has 0 aliphatic heterocycles. The highest BCUT2D eigenvalue weighted by molar-refractivity contribution is 7.89. The Balaban J connectivity index is 2.66. The molecule has 0 aliphatic rings. The maximum Gasteiger partial charge on any atom is 0.262 e. The van der Waals surface area contributed by atoms with E-state index in [1.165, 1.54) is 19.1 Å². The highest BCUT2D eigenvalue weighted by Gasteiger charge is 2.14. The zero-order valence-electron chi connectivity index (χ0n) is 10.8. The molecule has 0 fully saturated rings. The van der Waals surface area contributed by atoms with Crippen LogP contribution in [0.2, 0.25) is 0 Å². The van der Waals surface area contributed by atoms with Crippen LogP contribution in [0, 0.1) is 0 Å². The summed E-state index contributed by atoms with van der Waals surface area (Å²) in [5, 5.41) is 2.59. The number of nitrogens with one attached hydrogen (secondary N) is 2. The SMILES string of the molecule is CC(=O)NCc1ccc(S(=O)(=O)NOCC(N)=O)cc1. The summed E-state index contributed by atoms with van der Waals surface area (Å²) < 4.78 is 23.5. The van der Waals surface area contributed by atoms with Gasteiger partial charge in [0.2, 0.25) is 11.8 Å². The molecule has 0 aliphatic carbocycles. The third-order valence-corrected chi connectivity index (χ3v) is 3.39. The Labute approximate surface area is 116 Å². The Hall–Kier alpha value is -1.97. The van der Waals surface area contributed by atoms with E-state index in [1.54, 1.807) is 17.0 Å². The van der Waals surface area contributed by atoms with Crippen molar-refractivity contribution in [2.24, 2.45) is 5.73 Å². The average molecular weight is 301 g/mol. The van der Waals surface area contributed by atoms with Crippen molar-refractivity contribution in [2.75, 3.05) is 6.61 Å². The maximum absolute atomic E-state index is 11.7. The number of nitrogens with two attached hydrogens (primary N) is 1. The Bertz CT molecular complexity index is 583. The van der Waals surface area contributed by atoms with Gasteiger partial charge in [-0.05, 0) is 17.7 Å². The van der Waals surface area contributed by atoms with Gasteiger partial charge in [-0.3, -0.25) is 14.4 Å². The predicted octanol–water partition coefficient (Wildman–Crippen LogP) is -0.982. The third-order valence-electron chi connectivity index (χ3n) is 2.16. The van der Waals surface area contributed by atoms with E-state index in [-0.39, 0.29) is 10.8 Å². The largest absolute Gasteiger partial charge is 0.368 e. The van der Waals surface area contributed by atoms with E-state index in [4.69, 9.17) is 5.73 Å². The average Bonchev–Trinajstić information content (AvgIpc) is 2.36. The number of hydrogen-bond acceptors (Lipinski definition) is 5. The van der Waals surface area contributed by atoms with Crippen molar-refractivity contribution in [3.8, 4) is 0 Å². The molecule has 8 nitrogen and oxygen atoms in total. The van der Waals surface area contributed by atoms with E-state index in [1.807, 2.05) is 0 Å². The van der Waals surface area contributed by atoms with Crippen LogP contribution in [-0.2, 0) is 31.0 Å². The van der Waals surface area contributed by atoms with E-state index < -0.39 is 22.5 Å². The Morgan fingerprint density at radius 3 is 2.35 bits per heavy atom. The topological polar surface area (TPSA) is 128 Å². The van der Waals surface area contributed by atoms with E-state index >= 15 is 0 Å². The predicted molar refractivity (Wildman–Crippen MR) is 69.4 cm³/mol. The quantitative estimate of drug-likeness (QED) is 0.558. The lowest BCUT2D eigenvalue weighted by Crippen LogP contribution is -2.29. The lowest BCUT2D eigenvalue weighted by molar-refractivity contribution is -0.123. The van der Waals surface area contributed by atoms with Gasteiger partial charge < -0.3 is 11.1 Å². The first-order valence-electron chi connectivity index (χ1n) is 5.56. The standard InChI is InChI=1S/C11H15N3O5S/c1-8(15)13-6-9-2-4-10(5-3-9)20(17,18)14-19-7-11(12)16/h2-5,14H,6-7H2,1H3,(H2,12,16)(H,13,15). The first-order valence-corrected chi connectivity index (χ1v) is 7.05. The minimum Gasteiger partial charge on any atom is -0.368 e. The summed E-state index contributed by atoms with van der Waals surface area (Å²) in [5.41, 5.74) is 5.55. The number of carbonyl (C=O) groups is 2. The number of amides is 2. The molecule has 0 atom stereocenters. The molecule has 4 N–H and O–H groups in total. The van der Waals surface area contributed by atoms with Crippen LogP contribution < -0.4 is 15.9 Å². The smallest absolute Gasteiger partial charge is 0.262 e. The van der Waals surface area contributed by atoms with Crippen LogP contribution in [0.25, 0.3) is 0 Å². The molecule has 2 amide bonds. The molecule has 9 heteroatoms. The third kappa shape index (κ3) is 5.34. The molecule has 0 bridgehead atoms. The monoisotopic (exact) mass is 301 g/mol. The molecular formula is C11H15N3O5S. The van der Waals surface area contributed by atoms with Crippen LogP contribution in [0.4, 0.5) is 0 Å². The first kappa shape index (κ1) is 16.1. The minimum absolute atomic E-state index is 0.0338. The second-order valence-electron chi connectivity index (χ2n) is 3.90. The molecular weight excluding hydrogens is 286 g/mol. The summed E-state index contributed by atoms with van der Waals surface area (Å²) in [5.74, 6) is -0.971. The van der Waals surface area contributed by atoms with Crippen LogP contribution in [0.5, 0.6) is 0 Å². The molecule has 0 unspecified atom stereocenters. The summed E-state index contributed by atoms with van der Waals surface area (Å²) in [4.78, 5) is 27.4. The summed E-state index contributed by atoms with van der Waals surface area (Å²) in [6, 6.07) is 5.82. The molecule has 0 saturated heterocycles. The number of benzene rings is 1. The second kappa shape index (κ2) is 6.98. The highest BCUT2D eigenvalue weighted by Crippen LogP contribution is 2.10. The zero-order valence-corrected chi connectivity index (χ0v) is 11.6. The van der Waals surface area contributed by atoms with Gasteiger partial charge in [-0.15, -0.1) is 0 Å². The van der Waals surface area contributed by atoms with Crippen LogP contribution in [0.1, 0.15) is 12.5 Å². The molecule has 110 valence electrons. The van der Waals surface area contributed by atoms with Crippen molar-refractivity contribution in [1.82, 2.24) is 10.2 Å². The number of hydrogen-bond donors (Lipinski definition) is 3. The molecule has 0 aromatic heterocycles.